The van der Waals surface area contributed by atoms with Gasteiger partial charge in [0.05, 0.1) is 11.5 Å². The van der Waals surface area contributed by atoms with E-state index in [1.54, 1.807) is 7.11 Å². The maximum atomic E-state index is 12.1. The Balaban J connectivity index is 2.10. The molecule has 0 amide bonds. The normalized spacial score (nSPS) is 11.5. The predicted molar refractivity (Wildman–Crippen MR) is 80.4 cm³/mol. The Hall–Kier alpha value is -1.47. The van der Waals surface area contributed by atoms with Crippen LogP contribution < -0.4 is 4.72 Å². The summed E-state index contributed by atoms with van der Waals surface area (Å²) in [4.78, 5) is 3.86. The van der Waals surface area contributed by atoms with Crippen LogP contribution in [0, 0.1) is 0 Å². The molecule has 0 spiro atoms. The molecule has 5 nitrogen and oxygen atoms in total. The standard InChI is InChI=1S/C14H15ClN2O3S/c1-20-10-12-4-2-3-11(7-12)9-17-21(18,19)13-5-6-16-14(15)8-13/h2-8,17H,9-10H2,1H3. The summed E-state index contributed by atoms with van der Waals surface area (Å²) in [6, 6.07) is 10.2. The smallest absolute Gasteiger partial charge is 0.241 e. The van der Waals surface area contributed by atoms with E-state index in [1.165, 1.54) is 18.3 Å². The van der Waals surface area contributed by atoms with Gasteiger partial charge in [0.15, 0.2) is 0 Å². The van der Waals surface area contributed by atoms with Gasteiger partial charge < -0.3 is 4.74 Å². The third kappa shape index (κ3) is 4.50. The van der Waals surface area contributed by atoms with Crippen molar-refractivity contribution >= 4 is 21.6 Å². The number of sulfonamides is 1. The number of nitrogens with one attached hydrogen (secondary N) is 1. The fraction of sp³-hybridized carbons (Fsp3) is 0.214. The summed E-state index contributed by atoms with van der Waals surface area (Å²) < 4.78 is 31.9. The highest BCUT2D eigenvalue weighted by Crippen LogP contribution is 2.13. The molecule has 0 bridgehead atoms. The maximum Gasteiger partial charge on any atom is 0.241 e. The molecule has 1 aromatic carbocycles. The Morgan fingerprint density at radius 2 is 2.00 bits per heavy atom. The van der Waals surface area contributed by atoms with Crippen LogP contribution in [0.3, 0.4) is 0 Å². The van der Waals surface area contributed by atoms with Gasteiger partial charge in [-0.15, -0.1) is 0 Å². The van der Waals surface area contributed by atoms with Crippen molar-refractivity contribution in [1.82, 2.24) is 9.71 Å². The number of ether oxygens (including phenoxy) is 1. The Morgan fingerprint density at radius 1 is 1.24 bits per heavy atom. The molecule has 7 heteroatoms. The second-order valence-corrected chi connectivity index (χ2v) is 6.55. The Morgan fingerprint density at radius 3 is 2.71 bits per heavy atom. The number of rotatable bonds is 6. The quantitative estimate of drug-likeness (QED) is 0.827. The molecular weight excluding hydrogens is 312 g/mol. The van der Waals surface area contributed by atoms with Crippen LogP contribution in [-0.4, -0.2) is 20.5 Å². The van der Waals surface area contributed by atoms with Crippen LogP contribution in [0.1, 0.15) is 11.1 Å². The molecule has 0 saturated carbocycles. The highest BCUT2D eigenvalue weighted by Gasteiger charge is 2.14. The minimum Gasteiger partial charge on any atom is -0.380 e. The van der Waals surface area contributed by atoms with Crippen molar-refractivity contribution in [3.63, 3.8) is 0 Å². The van der Waals surface area contributed by atoms with Crippen molar-refractivity contribution in [3.8, 4) is 0 Å². The number of halogens is 1. The van der Waals surface area contributed by atoms with Crippen LogP contribution >= 0.6 is 11.6 Å². The topological polar surface area (TPSA) is 68.3 Å². The van der Waals surface area contributed by atoms with Gasteiger partial charge in [-0.25, -0.2) is 18.1 Å². The summed E-state index contributed by atoms with van der Waals surface area (Å²) in [6.45, 7) is 0.681. The Kier molecular flexibility index (Phi) is 5.30. The summed E-state index contributed by atoms with van der Waals surface area (Å²) >= 11 is 5.71. The average Bonchev–Trinajstić information content (AvgIpc) is 2.46. The SMILES string of the molecule is COCc1cccc(CNS(=O)(=O)c2ccnc(Cl)c2)c1. The zero-order valence-electron chi connectivity index (χ0n) is 11.4. The first-order valence-electron chi connectivity index (χ1n) is 6.19. The van der Waals surface area contributed by atoms with Crippen LogP contribution in [0.2, 0.25) is 5.15 Å². The van der Waals surface area contributed by atoms with E-state index in [0.29, 0.717) is 6.61 Å². The first-order valence-corrected chi connectivity index (χ1v) is 8.05. The number of hydrogen-bond acceptors (Lipinski definition) is 4. The van der Waals surface area contributed by atoms with Crippen molar-refractivity contribution in [2.75, 3.05) is 7.11 Å². The van der Waals surface area contributed by atoms with Gasteiger partial charge in [-0.1, -0.05) is 35.9 Å². The predicted octanol–water partition coefficient (Wildman–Crippen LogP) is 2.36. The number of nitrogens with zero attached hydrogens (tertiary/aromatic N) is 1. The second-order valence-electron chi connectivity index (χ2n) is 4.39. The lowest BCUT2D eigenvalue weighted by Crippen LogP contribution is -2.23. The van der Waals surface area contributed by atoms with Crippen molar-refractivity contribution in [2.24, 2.45) is 0 Å². The van der Waals surface area contributed by atoms with E-state index >= 15 is 0 Å². The van der Waals surface area contributed by atoms with Crippen LogP contribution in [0.15, 0.2) is 47.5 Å². The van der Waals surface area contributed by atoms with Gasteiger partial charge in [-0.05, 0) is 23.3 Å². The van der Waals surface area contributed by atoms with E-state index in [0.717, 1.165) is 11.1 Å². The molecule has 0 atom stereocenters. The summed E-state index contributed by atoms with van der Waals surface area (Å²) in [6.07, 6.45) is 1.36. The second kappa shape index (κ2) is 7.00. The summed E-state index contributed by atoms with van der Waals surface area (Å²) in [5, 5.41) is 0.139. The first kappa shape index (κ1) is 15.9. The average molecular weight is 327 g/mol. The largest absolute Gasteiger partial charge is 0.380 e. The number of hydrogen-bond donors (Lipinski definition) is 1. The van der Waals surface area contributed by atoms with Gasteiger partial charge in [0, 0.05) is 19.9 Å². The molecule has 0 saturated heterocycles. The highest BCUT2D eigenvalue weighted by atomic mass is 35.5. The zero-order valence-corrected chi connectivity index (χ0v) is 13.0. The molecular formula is C14H15ClN2O3S. The summed E-state index contributed by atoms with van der Waals surface area (Å²) in [5.41, 5.74) is 1.84. The number of methoxy groups -OCH3 is 1. The van der Waals surface area contributed by atoms with Gasteiger partial charge in [-0.2, -0.15) is 0 Å². The lowest BCUT2D eigenvalue weighted by molar-refractivity contribution is 0.185. The maximum absolute atomic E-state index is 12.1. The fourth-order valence-corrected chi connectivity index (χ4v) is 3.08. The van der Waals surface area contributed by atoms with Crippen LogP contribution in [0.25, 0.3) is 0 Å². The molecule has 0 radical (unpaired) electrons. The third-order valence-corrected chi connectivity index (χ3v) is 4.38. The monoisotopic (exact) mass is 326 g/mol. The van der Waals surface area contributed by atoms with E-state index in [2.05, 4.69) is 9.71 Å². The first-order chi connectivity index (χ1) is 10.0. The Labute approximate surface area is 129 Å². The number of aromatic nitrogens is 1. The van der Waals surface area contributed by atoms with Gasteiger partial charge in [0.2, 0.25) is 10.0 Å². The molecule has 112 valence electrons. The number of benzene rings is 1. The van der Waals surface area contributed by atoms with Gasteiger partial charge in [-0.3, -0.25) is 0 Å². The van der Waals surface area contributed by atoms with E-state index < -0.39 is 10.0 Å². The Bertz CT molecular complexity index is 720. The van der Waals surface area contributed by atoms with E-state index in [1.807, 2.05) is 24.3 Å². The molecule has 0 aliphatic heterocycles. The summed E-state index contributed by atoms with van der Waals surface area (Å²) in [7, 11) is -2.00. The zero-order chi connectivity index (χ0) is 15.3. The van der Waals surface area contributed by atoms with Crippen molar-refractivity contribution in [2.45, 2.75) is 18.0 Å². The van der Waals surface area contributed by atoms with E-state index in [4.69, 9.17) is 16.3 Å². The highest BCUT2D eigenvalue weighted by molar-refractivity contribution is 7.89. The van der Waals surface area contributed by atoms with Gasteiger partial charge in [0.1, 0.15) is 5.15 Å². The lowest BCUT2D eigenvalue weighted by atomic mass is 10.1. The van der Waals surface area contributed by atoms with Crippen molar-refractivity contribution in [1.29, 1.82) is 0 Å². The van der Waals surface area contributed by atoms with Crippen molar-refractivity contribution < 1.29 is 13.2 Å². The molecule has 2 aromatic rings. The minimum absolute atomic E-state index is 0.0931. The molecule has 1 aromatic heterocycles. The molecule has 0 fully saturated rings. The molecule has 21 heavy (non-hydrogen) atoms. The van der Waals surface area contributed by atoms with Crippen LogP contribution in [-0.2, 0) is 27.9 Å². The lowest BCUT2D eigenvalue weighted by Gasteiger charge is -2.08. The van der Waals surface area contributed by atoms with E-state index in [9.17, 15) is 8.42 Å². The molecule has 2 rings (SSSR count). The van der Waals surface area contributed by atoms with Gasteiger partial charge >= 0.3 is 0 Å². The number of pyridine rings is 1. The molecule has 1 heterocycles. The van der Waals surface area contributed by atoms with Crippen molar-refractivity contribution in [3.05, 3.63) is 58.9 Å². The molecule has 0 aliphatic rings. The fourth-order valence-electron chi connectivity index (χ4n) is 1.81. The third-order valence-electron chi connectivity index (χ3n) is 2.78. The molecule has 0 unspecified atom stereocenters. The minimum atomic E-state index is -3.61. The molecule has 0 aliphatic carbocycles. The van der Waals surface area contributed by atoms with E-state index in [-0.39, 0.29) is 16.6 Å². The molecule has 1 N–H and O–H groups in total. The van der Waals surface area contributed by atoms with Gasteiger partial charge in [0.25, 0.3) is 0 Å². The van der Waals surface area contributed by atoms with Crippen LogP contribution in [0.4, 0.5) is 0 Å². The van der Waals surface area contributed by atoms with Crippen LogP contribution in [0.5, 0.6) is 0 Å². The summed E-state index contributed by atoms with van der Waals surface area (Å²) in [5.74, 6) is 0.